The lowest BCUT2D eigenvalue weighted by atomic mass is 10.0. The summed E-state index contributed by atoms with van der Waals surface area (Å²) < 4.78 is 13.4. The minimum Gasteiger partial charge on any atom is -0.497 e. The van der Waals surface area contributed by atoms with Gasteiger partial charge < -0.3 is 19.2 Å². The van der Waals surface area contributed by atoms with Gasteiger partial charge in [0.1, 0.15) is 17.6 Å². The first-order valence-electron chi connectivity index (χ1n) is 9.85. The molecule has 0 atom stereocenters. The Bertz CT molecular complexity index is 1350. The Hall–Kier alpha value is -3.76. The lowest BCUT2D eigenvalue weighted by Crippen LogP contribution is -2.07. The van der Waals surface area contributed by atoms with Crippen molar-refractivity contribution in [1.82, 2.24) is 4.40 Å². The number of nitrogens with one attached hydrogen (secondary N) is 1. The third-order valence-electron chi connectivity index (χ3n) is 5.24. The molecule has 2 aromatic carbocycles. The number of rotatable bonds is 7. The molecule has 0 fully saturated rings. The number of ether oxygens (including phenoxy) is 2. The number of aromatic nitrogens is 1. The topological polar surface area (TPSA) is 75.8 Å². The molecule has 4 rings (SSSR count). The van der Waals surface area contributed by atoms with Crippen molar-refractivity contribution < 1.29 is 14.3 Å². The summed E-state index contributed by atoms with van der Waals surface area (Å²) in [5.74, 6) is 1.24. The van der Waals surface area contributed by atoms with Gasteiger partial charge in [-0.05, 0) is 70.5 Å². The quantitative estimate of drug-likeness (QED) is 0.350. The van der Waals surface area contributed by atoms with Crippen molar-refractivity contribution >= 4 is 32.9 Å². The van der Waals surface area contributed by atoms with Gasteiger partial charge in [-0.1, -0.05) is 0 Å². The molecule has 0 amide bonds. The molecule has 0 aliphatic carbocycles. The molecule has 32 heavy (non-hydrogen) atoms. The number of nitriles is 1. The minimum absolute atomic E-state index is 0.150. The average Bonchev–Trinajstić information content (AvgIpc) is 3.27. The maximum Gasteiger partial charge on any atom is 0.209 e. The first kappa shape index (κ1) is 21.5. The second kappa shape index (κ2) is 9.16. The standard InChI is InChI=1S/C25H20BrN3O3/c1-31-19-7-5-17(24(13-19)32-2)15-28-21-8-6-16(12-18(21)14-27)25(30)23-10-9-22-20(26)4-3-11-29(22)23/h3-13,28H,15H2,1-2H3. The number of benzene rings is 2. The molecule has 0 aliphatic rings. The number of carbonyl (C=O) groups is 1. The number of ketones is 1. The maximum atomic E-state index is 13.1. The highest BCUT2D eigenvalue weighted by atomic mass is 79.9. The lowest BCUT2D eigenvalue weighted by Gasteiger charge is -2.13. The number of nitrogens with zero attached hydrogens (tertiary/aromatic N) is 2. The molecule has 2 aromatic heterocycles. The SMILES string of the molecule is COc1ccc(CNc2ccc(C(=O)c3ccc4c(Br)cccn34)cc2C#N)c(OC)c1. The molecule has 0 saturated heterocycles. The Balaban J connectivity index is 1.59. The van der Waals surface area contributed by atoms with Crippen LogP contribution in [0.25, 0.3) is 5.52 Å². The van der Waals surface area contributed by atoms with Crippen molar-refractivity contribution in [2.75, 3.05) is 19.5 Å². The van der Waals surface area contributed by atoms with Gasteiger partial charge in [-0.25, -0.2) is 0 Å². The number of anilines is 1. The van der Waals surface area contributed by atoms with E-state index in [4.69, 9.17) is 9.47 Å². The third kappa shape index (κ3) is 4.05. The smallest absolute Gasteiger partial charge is 0.209 e. The first-order valence-corrected chi connectivity index (χ1v) is 10.6. The Labute approximate surface area is 194 Å². The van der Waals surface area contributed by atoms with Crippen LogP contribution in [0.4, 0.5) is 5.69 Å². The highest BCUT2D eigenvalue weighted by Crippen LogP contribution is 2.27. The monoisotopic (exact) mass is 489 g/mol. The van der Waals surface area contributed by atoms with Gasteiger partial charge in [-0.2, -0.15) is 5.26 Å². The first-order chi connectivity index (χ1) is 15.5. The van der Waals surface area contributed by atoms with Gasteiger partial charge in [0.15, 0.2) is 0 Å². The summed E-state index contributed by atoms with van der Waals surface area (Å²) in [6.07, 6.45) is 1.84. The molecule has 1 N–H and O–H groups in total. The van der Waals surface area contributed by atoms with Crippen LogP contribution in [0.1, 0.15) is 27.2 Å². The van der Waals surface area contributed by atoms with Crippen molar-refractivity contribution in [2.45, 2.75) is 6.54 Å². The van der Waals surface area contributed by atoms with E-state index in [0.717, 1.165) is 15.6 Å². The van der Waals surface area contributed by atoms with Gasteiger partial charge in [0.05, 0.1) is 36.7 Å². The van der Waals surface area contributed by atoms with Crippen LogP contribution in [0.15, 0.2) is 71.3 Å². The van der Waals surface area contributed by atoms with Crippen molar-refractivity contribution in [2.24, 2.45) is 0 Å². The van der Waals surface area contributed by atoms with Gasteiger partial charge in [-0.3, -0.25) is 4.79 Å². The number of halogens is 1. The highest BCUT2D eigenvalue weighted by molar-refractivity contribution is 9.10. The summed E-state index contributed by atoms with van der Waals surface area (Å²) in [5.41, 5.74) is 3.85. The lowest BCUT2D eigenvalue weighted by molar-refractivity contribution is 0.103. The van der Waals surface area contributed by atoms with Crippen molar-refractivity contribution in [3.05, 3.63) is 93.7 Å². The van der Waals surface area contributed by atoms with Gasteiger partial charge in [0, 0.05) is 34.4 Å². The van der Waals surface area contributed by atoms with E-state index in [0.29, 0.717) is 40.6 Å². The van der Waals surface area contributed by atoms with E-state index in [9.17, 15) is 10.1 Å². The van der Waals surface area contributed by atoms with Crippen LogP contribution in [0.3, 0.4) is 0 Å². The zero-order valence-electron chi connectivity index (χ0n) is 17.6. The van der Waals surface area contributed by atoms with Crippen LogP contribution in [0.5, 0.6) is 11.5 Å². The molecule has 0 radical (unpaired) electrons. The third-order valence-corrected chi connectivity index (χ3v) is 5.91. The van der Waals surface area contributed by atoms with Crippen LogP contribution in [0, 0.1) is 11.3 Å². The van der Waals surface area contributed by atoms with Crippen LogP contribution in [-0.4, -0.2) is 24.4 Å². The number of carbonyl (C=O) groups excluding carboxylic acids is 1. The number of pyridine rings is 1. The zero-order valence-corrected chi connectivity index (χ0v) is 19.1. The van der Waals surface area contributed by atoms with Gasteiger partial charge >= 0.3 is 0 Å². The Morgan fingerprint density at radius 3 is 2.69 bits per heavy atom. The predicted octanol–water partition coefficient (Wildman–Crippen LogP) is 5.43. The fourth-order valence-electron chi connectivity index (χ4n) is 3.56. The minimum atomic E-state index is -0.150. The maximum absolute atomic E-state index is 13.1. The molecule has 160 valence electrons. The molecule has 4 aromatic rings. The highest BCUT2D eigenvalue weighted by Gasteiger charge is 2.16. The Kier molecular flexibility index (Phi) is 6.15. The van der Waals surface area contributed by atoms with Crippen molar-refractivity contribution in [3.8, 4) is 17.6 Å². The van der Waals surface area contributed by atoms with Crippen LogP contribution in [-0.2, 0) is 6.54 Å². The number of fused-ring (bicyclic) bond motifs is 1. The summed E-state index contributed by atoms with van der Waals surface area (Å²) in [6.45, 7) is 0.451. The number of methoxy groups -OCH3 is 2. The summed E-state index contributed by atoms with van der Waals surface area (Å²) in [6, 6.07) is 20.3. The van der Waals surface area contributed by atoms with E-state index in [1.165, 1.54) is 0 Å². The molecular weight excluding hydrogens is 470 g/mol. The molecule has 0 saturated carbocycles. The molecule has 2 heterocycles. The fraction of sp³-hybridized carbons (Fsp3) is 0.120. The van der Waals surface area contributed by atoms with Crippen LogP contribution >= 0.6 is 15.9 Å². The molecule has 0 bridgehead atoms. The van der Waals surface area contributed by atoms with E-state index in [1.54, 1.807) is 38.5 Å². The van der Waals surface area contributed by atoms with E-state index >= 15 is 0 Å². The Morgan fingerprint density at radius 2 is 1.94 bits per heavy atom. The number of hydrogen-bond acceptors (Lipinski definition) is 5. The van der Waals surface area contributed by atoms with E-state index in [2.05, 4.69) is 27.3 Å². The molecule has 6 nitrogen and oxygen atoms in total. The van der Waals surface area contributed by atoms with Gasteiger partial charge in [-0.15, -0.1) is 0 Å². The molecular formula is C25H20BrN3O3. The molecule has 0 unspecified atom stereocenters. The molecule has 7 heteroatoms. The summed E-state index contributed by atoms with van der Waals surface area (Å²) in [7, 11) is 3.20. The van der Waals surface area contributed by atoms with Crippen molar-refractivity contribution in [3.63, 3.8) is 0 Å². The second-order valence-corrected chi connectivity index (χ2v) is 7.92. The van der Waals surface area contributed by atoms with E-state index < -0.39 is 0 Å². The second-order valence-electron chi connectivity index (χ2n) is 7.06. The van der Waals surface area contributed by atoms with E-state index in [-0.39, 0.29) is 5.78 Å². The predicted molar refractivity (Wildman–Crippen MR) is 127 cm³/mol. The molecule has 0 aliphatic heterocycles. The normalized spacial score (nSPS) is 10.6. The zero-order chi connectivity index (χ0) is 22.7. The summed E-state index contributed by atoms with van der Waals surface area (Å²) in [5, 5.41) is 12.9. The average molecular weight is 490 g/mol. The van der Waals surface area contributed by atoms with Crippen LogP contribution < -0.4 is 14.8 Å². The van der Waals surface area contributed by atoms with Gasteiger partial charge in [0.25, 0.3) is 0 Å². The fourth-order valence-corrected chi connectivity index (χ4v) is 4.03. The van der Waals surface area contributed by atoms with Gasteiger partial charge in [0.2, 0.25) is 5.78 Å². The van der Waals surface area contributed by atoms with Crippen molar-refractivity contribution in [1.29, 1.82) is 5.26 Å². The summed E-state index contributed by atoms with van der Waals surface area (Å²) in [4.78, 5) is 13.1. The Morgan fingerprint density at radius 1 is 1.09 bits per heavy atom. The number of hydrogen-bond donors (Lipinski definition) is 1. The van der Waals surface area contributed by atoms with E-state index in [1.807, 2.05) is 47.0 Å². The molecule has 0 spiro atoms. The summed E-state index contributed by atoms with van der Waals surface area (Å²) >= 11 is 3.50. The largest absolute Gasteiger partial charge is 0.497 e. The van der Waals surface area contributed by atoms with Crippen LogP contribution in [0.2, 0.25) is 0 Å².